The molecule has 1 unspecified atom stereocenters. The molecule has 1 heterocycles. The molecule has 0 spiro atoms. The smallest absolute Gasteiger partial charge is 0.173 e. The molecule has 0 N–H and O–H groups in total. The number of rotatable bonds is 3. The molecule has 2 aromatic carbocycles. The molecule has 0 aromatic heterocycles. The normalized spacial score (nSPS) is 17.0. The van der Waals surface area contributed by atoms with Crippen LogP contribution in [0.15, 0.2) is 48.5 Å². The third-order valence-corrected chi connectivity index (χ3v) is 3.77. The summed E-state index contributed by atoms with van der Waals surface area (Å²) >= 11 is 0. The van der Waals surface area contributed by atoms with Crippen LogP contribution < -0.4 is 4.74 Å². The number of carbonyl (C=O) groups excluding carboxylic acids is 2. The summed E-state index contributed by atoms with van der Waals surface area (Å²) in [4.78, 5) is 24.7. The van der Waals surface area contributed by atoms with Crippen molar-refractivity contribution < 1.29 is 14.3 Å². The first kappa shape index (κ1) is 13.6. The minimum absolute atomic E-state index is 0.00249. The van der Waals surface area contributed by atoms with Crippen molar-refractivity contribution in [2.24, 2.45) is 5.92 Å². The van der Waals surface area contributed by atoms with Crippen molar-refractivity contribution in [3.05, 3.63) is 65.2 Å². The molecular formula is C18H16O3. The van der Waals surface area contributed by atoms with Gasteiger partial charge in [0.25, 0.3) is 0 Å². The summed E-state index contributed by atoms with van der Waals surface area (Å²) in [5.41, 5.74) is 2.33. The molecule has 3 rings (SSSR count). The predicted molar refractivity (Wildman–Crippen MR) is 79.9 cm³/mol. The second-order valence-corrected chi connectivity index (χ2v) is 5.36. The third kappa shape index (κ3) is 2.72. The lowest BCUT2D eigenvalue weighted by molar-refractivity contribution is 0.0768. The highest BCUT2D eigenvalue weighted by Gasteiger charge is 2.30. The Morgan fingerprint density at radius 1 is 1.14 bits per heavy atom. The van der Waals surface area contributed by atoms with Crippen LogP contribution in [0.4, 0.5) is 0 Å². The standard InChI is InChI=1S/C18H16O3/c1-12-6-8-13(9-7-12)16(19)10-14-11-21-17-5-3-2-4-15(17)18(14)20/h2-9,14H,10-11H2,1H3. The van der Waals surface area contributed by atoms with Gasteiger partial charge in [0, 0.05) is 12.0 Å². The Labute approximate surface area is 123 Å². The summed E-state index contributed by atoms with van der Waals surface area (Å²) in [6, 6.07) is 14.6. The number of aryl methyl sites for hydroxylation is 1. The number of Topliss-reactive ketones (excluding diaryl/α,β-unsaturated/α-hetero) is 2. The van der Waals surface area contributed by atoms with Crippen molar-refractivity contribution in [3.8, 4) is 5.75 Å². The van der Waals surface area contributed by atoms with E-state index in [9.17, 15) is 9.59 Å². The zero-order valence-electron chi connectivity index (χ0n) is 11.8. The molecule has 0 fully saturated rings. The highest BCUT2D eigenvalue weighted by molar-refractivity contribution is 6.05. The maximum absolute atomic E-state index is 12.4. The van der Waals surface area contributed by atoms with E-state index in [0.717, 1.165) is 5.56 Å². The fourth-order valence-electron chi connectivity index (χ4n) is 2.51. The van der Waals surface area contributed by atoms with Gasteiger partial charge in [-0.05, 0) is 19.1 Å². The van der Waals surface area contributed by atoms with E-state index in [0.29, 0.717) is 16.9 Å². The lowest BCUT2D eigenvalue weighted by atomic mass is 9.89. The average molecular weight is 280 g/mol. The number of para-hydroxylation sites is 1. The third-order valence-electron chi connectivity index (χ3n) is 3.77. The maximum Gasteiger partial charge on any atom is 0.173 e. The van der Waals surface area contributed by atoms with Gasteiger partial charge in [0.15, 0.2) is 11.6 Å². The van der Waals surface area contributed by atoms with E-state index in [-0.39, 0.29) is 24.6 Å². The van der Waals surface area contributed by atoms with Crippen LogP contribution in [0.2, 0.25) is 0 Å². The van der Waals surface area contributed by atoms with Gasteiger partial charge in [0.05, 0.1) is 18.1 Å². The van der Waals surface area contributed by atoms with Crippen molar-refractivity contribution in [2.75, 3.05) is 6.61 Å². The molecule has 1 aliphatic rings. The summed E-state index contributed by atoms with van der Waals surface area (Å²) in [7, 11) is 0. The van der Waals surface area contributed by atoms with Gasteiger partial charge >= 0.3 is 0 Å². The van der Waals surface area contributed by atoms with E-state index in [2.05, 4.69) is 0 Å². The van der Waals surface area contributed by atoms with E-state index >= 15 is 0 Å². The number of ketones is 2. The number of ether oxygens (including phenoxy) is 1. The molecule has 0 bridgehead atoms. The van der Waals surface area contributed by atoms with Crippen molar-refractivity contribution in [1.82, 2.24) is 0 Å². The first-order chi connectivity index (χ1) is 10.1. The summed E-state index contributed by atoms with van der Waals surface area (Å²) in [6.07, 6.45) is 0.191. The van der Waals surface area contributed by atoms with Gasteiger partial charge in [-0.25, -0.2) is 0 Å². The molecule has 3 heteroatoms. The maximum atomic E-state index is 12.4. The Hall–Kier alpha value is -2.42. The Morgan fingerprint density at radius 3 is 2.62 bits per heavy atom. The highest BCUT2D eigenvalue weighted by Crippen LogP contribution is 2.29. The van der Waals surface area contributed by atoms with Crippen LogP contribution in [-0.2, 0) is 0 Å². The molecule has 21 heavy (non-hydrogen) atoms. The van der Waals surface area contributed by atoms with Crippen molar-refractivity contribution in [3.63, 3.8) is 0 Å². The lowest BCUT2D eigenvalue weighted by Crippen LogP contribution is -2.29. The predicted octanol–water partition coefficient (Wildman–Crippen LogP) is 3.46. The summed E-state index contributed by atoms with van der Waals surface area (Å²) < 4.78 is 5.59. The number of fused-ring (bicyclic) bond motifs is 1. The average Bonchev–Trinajstić information content (AvgIpc) is 2.51. The summed E-state index contributed by atoms with van der Waals surface area (Å²) in [6.45, 7) is 2.25. The zero-order valence-corrected chi connectivity index (χ0v) is 11.8. The minimum Gasteiger partial charge on any atom is -0.492 e. The monoisotopic (exact) mass is 280 g/mol. The SMILES string of the molecule is Cc1ccc(C(=O)CC2COc3ccccc3C2=O)cc1. The van der Waals surface area contributed by atoms with Crippen LogP contribution in [0.3, 0.4) is 0 Å². The summed E-state index contributed by atoms with van der Waals surface area (Å²) in [5.74, 6) is 0.198. The van der Waals surface area contributed by atoms with Gasteiger partial charge in [0.1, 0.15) is 5.75 Å². The molecule has 0 saturated heterocycles. The fourth-order valence-corrected chi connectivity index (χ4v) is 2.51. The van der Waals surface area contributed by atoms with Crippen molar-refractivity contribution in [1.29, 1.82) is 0 Å². The topological polar surface area (TPSA) is 43.4 Å². The summed E-state index contributed by atoms with van der Waals surface area (Å²) in [5, 5.41) is 0. The van der Waals surface area contributed by atoms with Gasteiger partial charge in [-0.15, -0.1) is 0 Å². The molecule has 106 valence electrons. The van der Waals surface area contributed by atoms with E-state index in [1.165, 1.54) is 0 Å². The molecular weight excluding hydrogens is 264 g/mol. The number of hydrogen-bond donors (Lipinski definition) is 0. The minimum atomic E-state index is -0.395. The van der Waals surface area contributed by atoms with E-state index in [1.54, 1.807) is 24.3 Å². The Kier molecular flexibility index (Phi) is 3.57. The van der Waals surface area contributed by atoms with Crippen LogP contribution in [0.25, 0.3) is 0 Å². The van der Waals surface area contributed by atoms with E-state index < -0.39 is 5.92 Å². The van der Waals surface area contributed by atoms with Crippen molar-refractivity contribution >= 4 is 11.6 Å². The highest BCUT2D eigenvalue weighted by atomic mass is 16.5. The van der Waals surface area contributed by atoms with E-state index in [1.807, 2.05) is 31.2 Å². The molecule has 0 amide bonds. The molecule has 3 nitrogen and oxygen atoms in total. The first-order valence-corrected chi connectivity index (χ1v) is 7.01. The molecule has 2 aromatic rings. The van der Waals surface area contributed by atoms with E-state index in [4.69, 9.17) is 4.74 Å². The molecule has 1 atom stereocenters. The second kappa shape index (κ2) is 5.52. The first-order valence-electron chi connectivity index (χ1n) is 7.01. The van der Waals surface area contributed by atoms with Crippen LogP contribution in [0.5, 0.6) is 5.75 Å². The Bertz CT molecular complexity index is 686. The number of benzene rings is 2. The molecule has 0 radical (unpaired) electrons. The Morgan fingerprint density at radius 2 is 1.86 bits per heavy atom. The van der Waals surface area contributed by atoms with Gasteiger partial charge in [-0.2, -0.15) is 0 Å². The molecule has 0 aliphatic carbocycles. The Balaban J connectivity index is 1.76. The van der Waals surface area contributed by atoms with Crippen LogP contribution >= 0.6 is 0 Å². The number of hydrogen-bond acceptors (Lipinski definition) is 3. The quantitative estimate of drug-likeness (QED) is 0.809. The number of carbonyl (C=O) groups is 2. The largest absolute Gasteiger partial charge is 0.492 e. The van der Waals surface area contributed by atoms with Crippen LogP contribution in [0.1, 0.15) is 32.7 Å². The van der Waals surface area contributed by atoms with Gasteiger partial charge in [-0.3, -0.25) is 9.59 Å². The zero-order chi connectivity index (χ0) is 14.8. The fraction of sp³-hybridized carbons (Fsp3) is 0.222. The van der Waals surface area contributed by atoms with Crippen LogP contribution in [0, 0.1) is 12.8 Å². The lowest BCUT2D eigenvalue weighted by Gasteiger charge is -2.23. The molecule has 1 aliphatic heterocycles. The van der Waals surface area contributed by atoms with Crippen molar-refractivity contribution in [2.45, 2.75) is 13.3 Å². The van der Waals surface area contributed by atoms with Crippen LogP contribution in [-0.4, -0.2) is 18.2 Å². The van der Waals surface area contributed by atoms with Gasteiger partial charge in [-0.1, -0.05) is 42.0 Å². The molecule has 0 saturated carbocycles. The second-order valence-electron chi connectivity index (χ2n) is 5.36. The van der Waals surface area contributed by atoms with Gasteiger partial charge in [0.2, 0.25) is 0 Å². The van der Waals surface area contributed by atoms with Gasteiger partial charge < -0.3 is 4.74 Å².